The van der Waals surface area contributed by atoms with E-state index in [2.05, 4.69) is 33.0 Å². The van der Waals surface area contributed by atoms with E-state index in [9.17, 15) is 9.90 Å². The van der Waals surface area contributed by atoms with Crippen molar-refractivity contribution in [1.82, 2.24) is 9.88 Å². The van der Waals surface area contributed by atoms with Crippen LogP contribution in [0.15, 0.2) is 66.9 Å². The van der Waals surface area contributed by atoms with Crippen molar-refractivity contribution in [2.75, 3.05) is 31.1 Å². The summed E-state index contributed by atoms with van der Waals surface area (Å²) in [6, 6.07) is 19.3. The fraction of sp³-hybridized carbons (Fsp3) is 0.308. The van der Waals surface area contributed by atoms with E-state index < -0.39 is 0 Å². The number of piperazine rings is 1. The number of phenols is 1. The average Bonchev–Trinajstić information content (AvgIpc) is 2.79. The summed E-state index contributed by atoms with van der Waals surface area (Å²) in [5.74, 6) is 0.636. The predicted molar refractivity (Wildman–Crippen MR) is 126 cm³/mol. The van der Waals surface area contributed by atoms with E-state index >= 15 is 0 Å². The Morgan fingerprint density at radius 3 is 2.56 bits per heavy atom. The Kier molecular flexibility index (Phi) is 6.71. The van der Waals surface area contributed by atoms with Crippen LogP contribution in [0.1, 0.15) is 29.8 Å². The largest absolute Gasteiger partial charge is 0.508 e. The molecule has 0 aliphatic carbocycles. The van der Waals surface area contributed by atoms with Crippen LogP contribution >= 0.6 is 0 Å². The first-order chi connectivity index (χ1) is 15.5. The monoisotopic (exact) mass is 431 g/mol. The van der Waals surface area contributed by atoms with Gasteiger partial charge in [0.25, 0.3) is 0 Å². The molecule has 0 atom stereocenters. The molecule has 2 heterocycles. The number of nitrogens with zero attached hydrogens (tertiary/aromatic N) is 3. The minimum atomic E-state index is -0.328. The number of carbonyl (C=O) groups excluding carboxylic acids is 1. The summed E-state index contributed by atoms with van der Waals surface area (Å²) in [5.41, 5.74) is 3.89. The highest BCUT2D eigenvalue weighted by atomic mass is 16.5. The fourth-order valence-corrected chi connectivity index (χ4v) is 4.06. The lowest BCUT2D eigenvalue weighted by Gasteiger charge is -2.36. The van der Waals surface area contributed by atoms with E-state index in [0.29, 0.717) is 11.4 Å². The molecule has 1 aliphatic heterocycles. The molecule has 1 fully saturated rings. The molecule has 0 bridgehead atoms. The van der Waals surface area contributed by atoms with Crippen LogP contribution in [0.5, 0.6) is 5.75 Å². The third-order valence-corrected chi connectivity index (χ3v) is 5.59. The number of rotatable bonds is 6. The first-order valence-corrected chi connectivity index (χ1v) is 11.0. The molecule has 1 saturated heterocycles. The van der Waals surface area contributed by atoms with Crippen LogP contribution < -0.4 is 4.90 Å². The van der Waals surface area contributed by atoms with Gasteiger partial charge in [0.2, 0.25) is 0 Å². The van der Waals surface area contributed by atoms with Crippen LogP contribution in [-0.2, 0) is 11.3 Å². The van der Waals surface area contributed by atoms with Gasteiger partial charge in [-0.2, -0.15) is 0 Å². The molecule has 0 amide bonds. The Morgan fingerprint density at radius 2 is 1.81 bits per heavy atom. The van der Waals surface area contributed by atoms with Crippen LogP contribution in [0, 0.1) is 0 Å². The molecular formula is C26H29N3O3. The molecule has 2 aromatic carbocycles. The zero-order valence-corrected chi connectivity index (χ0v) is 18.6. The molecule has 1 N–H and O–H groups in total. The standard InChI is InChI=1S/C26H29N3O3/c1-19(2)32-26(31)24-11-6-12-27-25(24)29-15-13-28(14-16-29)18-21-7-3-4-10-23(21)20-8-5-9-22(30)17-20/h3-12,17,19,30H,13-16,18H2,1-2H3. The molecule has 1 aromatic heterocycles. The highest BCUT2D eigenvalue weighted by molar-refractivity contribution is 5.94. The van der Waals surface area contributed by atoms with E-state index in [1.807, 2.05) is 32.0 Å². The third-order valence-electron chi connectivity index (χ3n) is 5.59. The predicted octanol–water partition coefficient (Wildman–Crippen LogP) is 4.34. The van der Waals surface area contributed by atoms with Crippen molar-refractivity contribution >= 4 is 11.8 Å². The van der Waals surface area contributed by atoms with Crippen molar-refractivity contribution in [3.8, 4) is 16.9 Å². The van der Waals surface area contributed by atoms with Gasteiger partial charge in [-0.05, 0) is 54.8 Å². The first-order valence-electron chi connectivity index (χ1n) is 11.0. The van der Waals surface area contributed by atoms with Gasteiger partial charge in [-0.3, -0.25) is 4.90 Å². The molecular weight excluding hydrogens is 402 g/mol. The number of pyridine rings is 1. The van der Waals surface area contributed by atoms with Gasteiger partial charge in [0.05, 0.1) is 6.10 Å². The lowest BCUT2D eigenvalue weighted by atomic mass is 9.99. The molecule has 0 radical (unpaired) electrons. The summed E-state index contributed by atoms with van der Waals surface area (Å²) in [6.45, 7) is 7.82. The molecule has 4 rings (SSSR count). The van der Waals surface area contributed by atoms with Crippen molar-refractivity contribution < 1.29 is 14.6 Å². The van der Waals surface area contributed by atoms with Crippen molar-refractivity contribution in [2.24, 2.45) is 0 Å². The molecule has 0 unspecified atom stereocenters. The van der Waals surface area contributed by atoms with Gasteiger partial charge in [-0.1, -0.05) is 36.4 Å². The van der Waals surface area contributed by atoms with Gasteiger partial charge < -0.3 is 14.7 Å². The molecule has 6 nitrogen and oxygen atoms in total. The molecule has 3 aromatic rings. The number of hydrogen-bond donors (Lipinski definition) is 1. The van der Waals surface area contributed by atoms with E-state index in [1.54, 1.807) is 30.5 Å². The van der Waals surface area contributed by atoms with Crippen LogP contribution in [-0.4, -0.2) is 53.2 Å². The van der Waals surface area contributed by atoms with Crippen LogP contribution in [0.3, 0.4) is 0 Å². The quantitative estimate of drug-likeness (QED) is 0.586. The maximum atomic E-state index is 12.5. The Bertz CT molecular complexity index is 1080. The number of ether oxygens (including phenoxy) is 1. The molecule has 0 saturated carbocycles. The highest BCUT2D eigenvalue weighted by Gasteiger charge is 2.24. The normalized spacial score (nSPS) is 14.5. The van der Waals surface area contributed by atoms with Gasteiger partial charge in [0.1, 0.15) is 17.1 Å². The summed E-state index contributed by atoms with van der Waals surface area (Å²) in [7, 11) is 0. The summed E-state index contributed by atoms with van der Waals surface area (Å²) in [5, 5.41) is 9.88. The summed E-state index contributed by atoms with van der Waals surface area (Å²) in [4.78, 5) is 21.6. The lowest BCUT2D eigenvalue weighted by molar-refractivity contribution is 0.0378. The summed E-state index contributed by atoms with van der Waals surface area (Å²) >= 11 is 0. The van der Waals surface area contributed by atoms with Gasteiger partial charge in [0, 0.05) is 38.9 Å². The number of carbonyl (C=O) groups is 1. The second kappa shape index (κ2) is 9.83. The van der Waals surface area contributed by atoms with Gasteiger partial charge >= 0.3 is 5.97 Å². The maximum absolute atomic E-state index is 12.5. The maximum Gasteiger partial charge on any atom is 0.342 e. The number of aromatic nitrogens is 1. The minimum absolute atomic E-state index is 0.168. The number of phenolic OH excluding ortho intramolecular Hbond substituents is 1. The van der Waals surface area contributed by atoms with Crippen LogP contribution in [0.2, 0.25) is 0 Å². The Hall–Kier alpha value is -3.38. The third kappa shape index (κ3) is 5.08. The van der Waals surface area contributed by atoms with E-state index in [-0.39, 0.29) is 17.8 Å². The highest BCUT2D eigenvalue weighted by Crippen LogP contribution is 2.28. The number of hydrogen-bond acceptors (Lipinski definition) is 6. The van der Waals surface area contributed by atoms with E-state index in [1.165, 1.54) is 5.56 Å². The van der Waals surface area contributed by atoms with Crippen molar-refractivity contribution in [2.45, 2.75) is 26.5 Å². The summed E-state index contributed by atoms with van der Waals surface area (Å²) in [6.07, 6.45) is 1.55. The van der Waals surface area contributed by atoms with Crippen LogP contribution in [0.4, 0.5) is 5.82 Å². The van der Waals surface area contributed by atoms with E-state index in [4.69, 9.17) is 4.74 Å². The molecule has 32 heavy (non-hydrogen) atoms. The minimum Gasteiger partial charge on any atom is -0.508 e. The smallest absolute Gasteiger partial charge is 0.342 e. The summed E-state index contributed by atoms with van der Waals surface area (Å²) < 4.78 is 5.40. The molecule has 1 aliphatic rings. The fourth-order valence-electron chi connectivity index (χ4n) is 4.06. The van der Waals surface area contributed by atoms with Crippen molar-refractivity contribution in [3.63, 3.8) is 0 Å². The number of esters is 1. The van der Waals surface area contributed by atoms with Gasteiger partial charge in [-0.15, -0.1) is 0 Å². The molecule has 166 valence electrons. The van der Waals surface area contributed by atoms with Crippen molar-refractivity contribution in [3.05, 3.63) is 78.0 Å². The second-order valence-corrected chi connectivity index (χ2v) is 8.30. The average molecular weight is 432 g/mol. The van der Waals surface area contributed by atoms with Gasteiger partial charge in [-0.25, -0.2) is 9.78 Å². The van der Waals surface area contributed by atoms with Crippen LogP contribution in [0.25, 0.3) is 11.1 Å². The zero-order valence-electron chi connectivity index (χ0n) is 18.6. The Labute approximate surface area is 189 Å². The first kappa shape index (κ1) is 21.8. The van der Waals surface area contributed by atoms with Gasteiger partial charge in [0.15, 0.2) is 0 Å². The van der Waals surface area contributed by atoms with E-state index in [0.717, 1.165) is 43.9 Å². The van der Waals surface area contributed by atoms with Crippen molar-refractivity contribution in [1.29, 1.82) is 0 Å². The molecule has 6 heteroatoms. The zero-order chi connectivity index (χ0) is 22.5. The SMILES string of the molecule is CC(C)OC(=O)c1cccnc1N1CCN(Cc2ccccc2-c2cccc(O)c2)CC1. The number of anilines is 1. The Balaban J connectivity index is 1.45. The topological polar surface area (TPSA) is 65.9 Å². The lowest BCUT2D eigenvalue weighted by Crippen LogP contribution is -2.46. The number of benzene rings is 2. The molecule has 0 spiro atoms. The second-order valence-electron chi connectivity index (χ2n) is 8.30. The number of aromatic hydroxyl groups is 1. The Morgan fingerprint density at radius 1 is 1.03 bits per heavy atom.